The van der Waals surface area contributed by atoms with Crippen LogP contribution in [-0.2, 0) is 25.9 Å². The molecule has 3 aromatic carbocycles. The van der Waals surface area contributed by atoms with Crippen LogP contribution in [0.2, 0.25) is 0 Å². The highest BCUT2D eigenvalue weighted by Gasteiger charge is 2.31. The maximum Gasteiger partial charge on any atom is 0.573 e. The zero-order chi connectivity index (χ0) is 30.3. The Morgan fingerprint density at radius 3 is 2.40 bits per heavy atom. The number of nitrogens with zero attached hydrogens (tertiary/aromatic N) is 1. The molecule has 13 heteroatoms. The first-order chi connectivity index (χ1) is 20.0. The van der Waals surface area contributed by atoms with E-state index in [0.29, 0.717) is 49.4 Å². The summed E-state index contributed by atoms with van der Waals surface area (Å²) in [5, 5.41) is 0. The van der Waals surface area contributed by atoms with Crippen molar-refractivity contribution in [2.75, 3.05) is 49.0 Å². The summed E-state index contributed by atoms with van der Waals surface area (Å²) in [6, 6.07) is 15.6. The lowest BCUT2D eigenvalue weighted by Gasteiger charge is -2.29. The number of amides is 1. The van der Waals surface area contributed by atoms with E-state index in [9.17, 15) is 26.4 Å². The van der Waals surface area contributed by atoms with Gasteiger partial charge in [0.2, 0.25) is 10.0 Å². The topological polar surface area (TPSA) is 103 Å². The van der Waals surface area contributed by atoms with E-state index < -0.39 is 16.4 Å². The van der Waals surface area contributed by atoms with Crippen LogP contribution in [0.5, 0.6) is 11.5 Å². The second-order valence-electron chi connectivity index (χ2n) is 9.42. The van der Waals surface area contributed by atoms with Crippen LogP contribution in [0, 0.1) is 0 Å². The third-order valence-electron chi connectivity index (χ3n) is 6.35. The summed E-state index contributed by atoms with van der Waals surface area (Å²) in [5.41, 5.74) is 3.35. The van der Waals surface area contributed by atoms with E-state index in [1.807, 2.05) is 6.07 Å². The number of sulfonamides is 1. The molecule has 4 rings (SSSR count). The number of halogens is 3. The van der Waals surface area contributed by atoms with Crippen molar-refractivity contribution >= 4 is 27.3 Å². The minimum atomic E-state index is -4.77. The summed E-state index contributed by atoms with van der Waals surface area (Å²) in [4.78, 5) is 15.1. The smallest absolute Gasteiger partial charge is 0.465 e. The molecule has 0 spiro atoms. The van der Waals surface area contributed by atoms with Crippen molar-refractivity contribution in [3.8, 4) is 22.6 Å². The molecule has 0 radical (unpaired) electrons. The first-order valence-corrected chi connectivity index (χ1v) is 14.8. The second-order valence-corrected chi connectivity index (χ2v) is 11.3. The molecule has 0 fully saturated rings. The molecule has 1 amide bonds. The van der Waals surface area contributed by atoms with E-state index in [1.165, 1.54) is 24.3 Å². The molecular weight excluding hydrogens is 577 g/mol. The number of ether oxygens (including phenoxy) is 4. The number of alkyl halides is 3. The van der Waals surface area contributed by atoms with Crippen molar-refractivity contribution in [2.24, 2.45) is 0 Å². The average Bonchev–Trinajstić information content (AvgIpc) is 2.93. The summed E-state index contributed by atoms with van der Waals surface area (Å²) >= 11 is 0. The Bertz CT molecular complexity index is 1500. The SMILES string of the molecule is CCCS(=O)(=O)Nc1cc(N2CCc3cc(-c4ccc(OC(F)(F)F)cc4)ccc3C2=O)ccc1OCOCCOC. The molecule has 1 heterocycles. The van der Waals surface area contributed by atoms with Crippen LogP contribution in [0.1, 0.15) is 29.3 Å². The van der Waals surface area contributed by atoms with Crippen LogP contribution >= 0.6 is 0 Å². The molecule has 0 atom stereocenters. The molecule has 0 saturated heterocycles. The van der Waals surface area contributed by atoms with Gasteiger partial charge in [-0.15, -0.1) is 13.2 Å². The predicted molar refractivity (Wildman–Crippen MR) is 151 cm³/mol. The molecule has 1 aliphatic heterocycles. The molecule has 0 aromatic heterocycles. The van der Waals surface area contributed by atoms with Gasteiger partial charge in [-0.3, -0.25) is 9.52 Å². The molecule has 3 aromatic rings. The second kappa shape index (κ2) is 13.4. The largest absolute Gasteiger partial charge is 0.573 e. The molecule has 9 nitrogen and oxygen atoms in total. The fraction of sp³-hybridized carbons (Fsp3) is 0.345. The van der Waals surface area contributed by atoms with Crippen molar-refractivity contribution in [3.05, 3.63) is 71.8 Å². The number of hydrogen-bond donors (Lipinski definition) is 1. The normalized spacial score (nSPS) is 13.5. The Hall–Kier alpha value is -3.81. The Morgan fingerprint density at radius 2 is 1.71 bits per heavy atom. The number of rotatable bonds is 13. The summed E-state index contributed by atoms with van der Waals surface area (Å²) in [6.07, 6.45) is -3.85. The Balaban J connectivity index is 1.54. The quantitative estimate of drug-likeness (QED) is 0.199. The number of benzene rings is 3. The zero-order valence-electron chi connectivity index (χ0n) is 23.1. The standard InChI is InChI=1S/C29H31F3N2O7S/c1-3-16-42(36,37)33-26-18-23(7-11-27(26)40-19-39-15-14-38-2)34-13-12-22-17-21(6-10-25(22)28(34)35)20-4-8-24(9-5-20)41-29(30,31)32/h4-11,17-18,33H,3,12-16,19H2,1-2H3. The fourth-order valence-corrected chi connectivity index (χ4v) is 5.58. The third kappa shape index (κ3) is 8.14. The van der Waals surface area contributed by atoms with Gasteiger partial charge in [-0.05, 0) is 65.9 Å². The Labute approximate surface area is 242 Å². The van der Waals surface area contributed by atoms with Crippen LogP contribution < -0.4 is 19.1 Å². The fourth-order valence-electron chi connectivity index (χ4n) is 4.45. The average molecular weight is 609 g/mol. The summed E-state index contributed by atoms with van der Waals surface area (Å²) in [7, 11) is -2.11. The predicted octanol–water partition coefficient (Wildman–Crippen LogP) is 5.61. The van der Waals surface area contributed by atoms with E-state index in [2.05, 4.69) is 9.46 Å². The lowest BCUT2D eigenvalue weighted by Crippen LogP contribution is -2.37. The maximum atomic E-state index is 13.5. The monoisotopic (exact) mass is 608 g/mol. The highest BCUT2D eigenvalue weighted by atomic mass is 32.2. The molecule has 42 heavy (non-hydrogen) atoms. The molecule has 1 aliphatic rings. The lowest BCUT2D eigenvalue weighted by molar-refractivity contribution is -0.274. The maximum absolute atomic E-state index is 13.5. The Kier molecular flexibility index (Phi) is 9.97. The van der Waals surface area contributed by atoms with E-state index in [0.717, 1.165) is 11.1 Å². The van der Waals surface area contributed by atoms with Crippen LogP contribution in [0.3, 0.4) is 0 Å². The van der Waals surface area contributed by atoms with E-state index in [4.69, 9.17) is 14.2 Å². The molecular formula is C29H31F3N2O7S. The number of methoxy groups -OCH3 is 1. The lowest BCUT2D eigenvalue weighted by atomic mass is 9.93. The molecule has 0 unspecified atom stereocenters. The summed E-state index contributed by atoms with van der Waals surface area (Å²) < 4.78 is 84.9. The molecule has 0 aliphatic carbocycles. The van der Waals surface area contributed by atoms with E-state index >= 15 is 0 Å². The first kappa shape index (κ1) is 31.1. The highest BCUT2D eigenvalue weighted by molar-refractivity contribution is 7.92. The van der Waals surface area contributed by atoms with Crippen molar-refractivity contribution in [1.82, 2.24) is 0 Å². The van der Waals surface area contributed by atoms with Gasteiger partial charge in [-0.25, -0.2) is 8.42 Å². The molecule has 1 N–H and O–H groups in total. The highest BCUT2D eigenvalue weighted by Crippen LogP contribution is 2.35. The minimum Gasteiger partial charge on any atom is -0.465 e. The number of carbonyl (C=O) groups excluding carboxylic acids is 1. The van der Waals surface area contributed by atoms with E-state index in [-0.39, 0.29) is 35.6 Å². The number of hydrogen-bond acceptors (Lipinski definition) is 7. The van der Waals surface area contributed by atoms with Crippen molar-refractivity contribution in [3.63, 3.8) is 0 Å². The first-order valence-electron chi connectivity index (χ1n) is 13.1. The van der Waals surface area contributed by atoms with Crippen molar-refractivity contribution in [1.29, 1.82) is 0 Å². The van der Waals surface area contributed by atoms with Crippen LogP contribution in [0.4, 0.5) is 24.5 Å². The van der Waals surface area contributed by atoms with Gasteiger partial charge in [-0.1, -0.05) is 31.2 Å². The van der Waals surface area contributed by atoms with Gasteiger partial charge in [0.25, 0.3) is 5.91 Å². The van der Waals surface area contributed by atoms with Gasteiger partial charge < -0.3 is 23.8 Å². The molecule has 0 bridgehead atoms. The van der Waals surface area contributed by atoms with Crippen LogP contribution in [0.25, 0.3) is 11.1 Å². The van der Waals surface area contributed by atoms with Crippen molar-refractivity contribution < 1.29 is 45.3 Å². The number of carbonyl (C=O) groups is 1. The summed E-state index contributed by atoms with van der Waals surface area (Å²) in [5.74, 6) is -0.425. The molecule has 226 valence electrons. The third-order valence-corrected chi connectivity index (χ3v) is 7.83. The van der Waals surface area contributed by atoms with Crippen molar-refractivity contribution in [2.45, 2.75) is 26.1 Å². The van der Waals surface area contributed by atoms with Crippen LogP contribution in [-0.4, -0.2) is 60.1 Å². The van der Waals surface area contributed by atoms with E-state index in [1.54, 1.807) is 49.3 Å². The van der Waals surface area contributed by atoms with Gasteiger partial charge in [-0.2, -0.15) is 0 Å². The van der Waals surface area contributed by atoms with Gasteiger partial charge in [0.15, 0.2) is 6.79 Å². The zero-order valence-corrected chi connectivity index (χ0v) is 23.9. The molecule has 0 saturated carbocycles. The van der Waals surface area contributed by atoms with Crippen LogP contribution in [0.15, 0.2) is 60.7 Å². The van der Waals surface area contributed by atoms with Gasteiger partial charge >= 0.3 is 6.36 Å². The minimum absolute atomic E-state index is 0.0859. The number of nitrogens with one attached hydrogen (secondary N) is 1. The Morgan fingerprint density at radius 1 is 0.976 bits per heavy atom. The number of anilines is 2. The van der Waals surface area contributed by atoms with Gasteiger partial charge in [0.05, 0.1) is 24.7 Å². The van der Waals surface area contributed by atoms with Gasteiger partial charge in [0, 0.05) is 24.9 Å². The van der Waals surface area contributed by atoms with Gasteiger partial charge in [0.1, 0.15) is 11.5 Å². The summed E-state index contributed by atoms with van der Waals surface area (Å²) in [6.45, 7) is 2.63. The number of fused-ring (bicyclic) bond motifs is 1.